The van der Waals surface area contributed by atoms with Crippen molar-refractivity contribution in [3.8, 4) is 0 Å². The summed E-state index contributed by atoms with van der Waals surface area (Å²) in [4.78, 5) is 27.8. The number of nitrogens with zero attached hydrogens (tertiary/aromatic N) is 1. The van der Waals surface area contributed by atoms with Crippen LogP contribution in [0.3, 0.4) is 0 Å². The lowest BCUT2D eigenvalue weighted by atomic mass is 10.1. The van der Waals surface area contributed by atoms with Gasteiger partial charge in [0.15, 0.2) is 0 Å². The summed E-state index contributed by atoms with van der Waals surface area (Å²) in [6.45, 7) is 9.29. The van der Waals surface area contributed by atoms with Gasteiger partial charge in [0.1, 0.15) is 0 Å². The lowest BCUT2D eigenvalue weighted by Gasteiger charge is -2.09. The third kappa shape index (κ3) is 5.38. The molecule has 0 aromatic carbocycles. The van der Waals surface area contributed by atoms with Crippen LogP contribution in [-0.2, 0) is 0 Å². The Kier molecular flexibility index (Phi) is 6.15. The first-order valence-corrected chi connectivity index (χ1v) is 6.91. The fourth-order valence-electron chi connectivity index (χ4n) is 1.49. The molecule has 2 N–H and O–H groups in total. The van der Waals surface area contributed by atoms with Gasteiger partial charge >= 0.3 is 0 Å². The lowest BCUT2D eigenvalue weighted by molar-refractivity contribution is 0.0948. The minimum Gasteiger partial charge on any atom is -0.352 e. The third-order valence-electron chi connectivity index (χ3n) is 2.60. The van der Waals surface area contributed by atoms with Crippen LogP contribution in [0.15, 0.2) is 18.5 Å². The van der Waals surface area contributed by atoms with E-state index in [1.54, 1.807) is 6.07 Å². The number of nitrogens with one attached hydrogen (secondary N) is 2. The van der Waals surface area contributed by atoms with Crippen molar-refractivity contribution >= 4 is 11.8 Å². The van der Waals surface area contributed by atoms with Gasteiger partial charge in [-0.2, -0.15) is 0 Å². The van der Waals surface area contributed by atoms with Crippen LogP contribution in [0.25, 0.3) is 0 Å². The van der Waals surface area contributed by atoms with E-state index in [2.05, 4.69) is 15.6 Å². The van der Waals surface area contributed by atoms with E-state index in [1.807, 2.05) is 27.7 Å². The van der Waals surface area contributed by atoms with Gasteiger partial charge in [-0.1, -0.05) is 27.7 Å². The minimum absolute atomic E-state index is 0.204. The zero-order valence-corrected chi connectivity index (χ0v) is 12.6. The first kappa shape index (κ1) is 16.1. The number of rotatable bonds is 6. The van der Waals surface area contributed by atoms with Gasteiger partial charge < -0.3 is 10.6 Å². The zero-order valence-electron chi connectivity index (χ0n) is 12.6. The van der Waals surface area contributed by atoms with Crippen LogP contribution in [0.2, 0.25) is 0 Å². The third-order valence-corrected chi connectivity index (χ3v) is 2.60. The first-order valence-electron chi connectivity index (χ1n) is 6.91. The van der Waals surface area contributed by atoms with E-state index >= 15 is 0 Å². The van der Waals surface area contributed by atoms with Crippen molar-refractivity contribution in [2.75, 3.05) is 13.1 Å². The smallest absolute Gasteiger partial charge is 0.252 e. The molecule has 0 aliphatic heterocycles. The molecule has 20 heavy (non-hydrogen) atoms. The molecule has 0 unspecified atom stereocenters. The molecule has 0 atom stereocenters. The average Bonchev–Trinajstić information content (AvgIpc) is 2.42. The molecule has 0 saturated heterocycles. The molecule has 0 saturated carbocycles. The van der Waals surface area contributed by atoms with Crippen LogP contribution in [0.1, 0.15) is 48.4 Å². The standard InChI is InChI=1S/C15H23N3O2/c1-10(2)6-17-14(19)12-5-13(9-16-8-12)15(20)18-7-11(3)4/h5,8-11H,6-7H2,1-4H3,(H,17,19)(H,18,20). The van der Waals surface area contributed by atoms with Crippen molar-refractivity contribution in [3.63, 3.8) is 0 Å². The Balaban J connectivity index is 2.70. The summed E-state index contributed by atoms with van der Waals surface area (Å²) in [5.74, 6) is 0.350. The molecule has 1 heterocycles. The second kappa shape index (κ2) is 7.62. The van der Waals surface area contributed by atoms with E-state index in [1.165, 1.54) is 12.4 Å². The molecular formula is C15H23N3O2. The summed E-state index contributed by atoms with van der Waals surface area (Å²) < 4.78 is 0. The molecule has 110 valence electrons. The Hall–Kier alpha value is -1.91. The summed E-state index contributed by atoms with van der Waals surface area (Å²) in [6, 6.07) is 1.57. The first-order chi connectivity index (χ1) is 9.40. The van der Waals surface area contributed by atoms with Gasteiger partial charge in [-0.3, -0.25) is 14.6 Å². The second-order valence-corrected chi connectivity index (χ2v) is 5.67. The van der Waals surface area contributed by atoms with E-state index in [9.17, 15) is 9.59 Å². The van der Waals surface area contributed by atoms with Crippen molar-refractivity contribution in [2.24, 2.45) is 11.8 Å². The topological polar surface area (TPSA) is 71.1 Å². The fraction of sp³-hybridized carbons (Fsp3) is 0.533. The normalized spacial score (nSPS) is 10.7. The van der Waals surface area contributed by atoms with E-state index in [4.69, 9.17) is 0 Å². The van der Waals surface area contributed by atoms with Gasteiger partial charge in [-0.05, 0) is 17.9 Å². The molecule has 1 aromatic rings. The van der Waals surface area contributed by atoms with E-state index < -0.39 is 0 Å². The second-order valence-electron chi connectivity index (χ2n) is 5.67. The Bertz CT molecular complexity index is 431. The number of hydrogen-bond acceptors (Lipinski definition) is 3. The summed E-state index contributed by atoms with van der Waals surface area (Å²) in [5, 5.41) is 5.61. The highest BCUT2D eigenvalue weighted by atomic mass is 16.2. The van der Waals surface area contributed by atoms with Gasteiger partial charge in [0.25, 0.3) is 11.8 Å². The minimum atomic E-state index is -0.204. The molecule has 0 radical (unpaired) electrons. The maximum Gasteiger partial charge on any atom is 0.252 e. The van der Waals surface area contributed by atoms with Crippen LogP contribution in [0.4, 0.5) is 0 Å². The predicted molar refractivity (Wildman–Crippen MR) is 78.6 cm³/mol. The molecule has 5 nitrogen and oxygen atoms in total. The van der Waals surface area contributed by atoms with Gasteiger partial charge in [-0.15, -0.1) is 0 Å². The summed E-state index contributed by atoms with van der Waals surface area (Å²) >= 11 is 0. The van der Waals surface area contributed by atoms with Gasteiger partial charge in [-0.25, -0.2) is 0 Å². The molecule has 0 fully saturated rings. The van der Waals surface area contributed by atoms with E-state index in [0.29, 0.717) is 36.1 Å². The fourth-order valence-corrected chi connectivity index (χ4v) is 1.49. The van der Waals surface area contributed by atoms with Crippen LogP contribution in [-0.4, -0.2) is 29.9 Å². The molecule has 0 bridgehead atoms. The number of carbonyl (C=O) groups is 2. The molecule has 5 heteroatoms. The zero-order chi connectivity index (χ0) is 15.1. The molecular weight excluding hydrogens is 254 g/mol. The lowest BCUT2D eigenvalue weighted by Crippen LogP contribution is -2.29. The average molecular weight is 277 g/mol. The molecule has 0 aliphatic carbocycles. The highest BCUT2D eigenvalue weighted by molar-refractivity contribution is 5.99. The Morgan fingerprint density at radius 1 is 0.950 bits per heavy atom. The molecule has 0 spiro atoms. The van der Waals surface area contributed by atoms with E-state index in [-0.39, 0.29) is 11.8 Å². The number of amides is 2. The van der Waals surface area contributed by atoms with Crippen molar-refractivity contribution in [1.29, 1.82) is 0 Å². The van der Waals surface area contributed by atoms with Crippen molar-refractivity contribution in [1.82, 2.24) is 15.6 Å². The number of carbonyl (C=O) groups excluding carboxylic acids is 2. The maximum atomic E-state index is 11.9. The molecule has 1 aromatic heterocycles. The number of hydrogen-bond donors (Lipinski definition) is 2. The number of aromatic nitrogens is 1. The van der Waals surface area contributed by atoms with Crippen LogP contribution in [0, 0.1) is 11.8 Å². The SMILES string of the molecule is CC(C)CNC(=O)c1cncc(C(=O)NCC(C)C)c1. The molecule has 2 amide bonds. The number of pyridine rings is 1. The van der Waals surface area contributed by atoms with Crippen LogP contribution >= 0.6 is 0 Å². The highest BCUT2D eigenvalue weighted by Crippen LogP contribution is 2.04. The summed E-state index contributed by atoms with van der Waals surface area (Å²) in [7, 11) is 0. The van der Waals surface area contributed by atoms with E-state index in [0.717, 1.165) is 0 Å². The van der Waals surface area contributed by atoms with Crippen LogP contribution < -0.4 is 10.6 Å². The Morgan fingerprint density at radius 2 is 1.35 bits per heavy atom. The van der Waals surface area contributed by atoms with Crippen molar-refractivity contribution in [2.45, 2.75) is 27.7 Å². The molecule has 1 rings (SSSR count). The highest BCUT2D eigenvalue weighted by Gasteiger charge is 2.11. The maximum absolute atomic E-state index is 11.9. The van der Waals surface area contributed by atoms with Gasteiger partial charge in [0, 0.05) is 25.5 Å². The molecule has 0 aliphatic rings. The van der Waals surface area contributed by atoms with Crippen LogP contribution in [0.5, 0.6) is 0 Å². The quantitative estimate of drug-likeness (QED) is 0.833. The largest absolute Gasteiger partial charge is 0.352 e. The Morgan fingerprint density at radius 3 is 1.70 bits per heavy atom. The van der Waals surface area contributed by atoms with Gasteiger partial charge in [0.2, 0.25) is 0 Å². The summed E-state index contributed by atoms with van der Waals surface area (Å²) in [5.41, 5.74) is 0.811. The summed E-state index contributed by atoms with van der Waals surface area (Å²) in [6.07, 6.45) is 2.93. The Labute approximate surface area is 120 Å². The van der Waals surface area contributed by atoms with Gasteiger partial charge in [0.05, 0.1) is 11.1 Å². The van der Waals surface area contributed by atoms with Crippen molar-refractivity contribution in [3.05, 3.63) is 29.6 Å². The predicted octanol–water partition coefficient (Wildman–Crippen LogP) is 1.85. The van der Waals surface area contributed by atoms with Crippen molar-refractivity contribution < 1.29 is 9.59 Å². The monoisotopic (exact) mass is 277 g/mol.